The van der Waals surface area contributed by atoms with E-state index in [2.05, 4.69) is 62.4 Å². The molecule has 6 rings (SSSR count). The Morgan fingerprint density at radius 1 is 0.812 bits per heavy atom. The number of hydrogen-bond acceptors (Lipinski definition) is 5. The summed E-state index contributed by atoms with van der Waals surface area (Å²) in [7, 11) is 1.70. The first kappa shape index (κ1) is 36.1. The highest BCUT2D eigenvalue weighted by molar-refractivity contribution is 6.31. The van der Waals surface area contributed by atoms with Crippen LogP contribution in [-0.4, -0.2) is 38.6 Å². The van der Waals surface area contributed by atoms with Gasteiger partial charge in [-0.05, 0) is 92.0 Å². The van der Waals surface area contributed by atoms with Crippen LogP contribution in [0.15, 0.2) is 103 Å². The van der Waals surface area contributed by atoms with E-state index >= 15 is 0 Å². The minimum absolute atomic E-state index is 0.00432. The Balaban J connectivity index is 0.000000434. The van der Waals surface area contributed by atoms with Gasteiger partial charge in [-0.2, -0.15) is 0 Å². The summed E-state index contributed by atoms with van der Waals surface area (Å²) in [6.45, 7) is 8.74. The number of rotatable bonds is 14. The van der Waals surface area contributed by atoms with Crippen LogP contribution in [0.5, 0.6) is 5.75 Å². The van der Waals surface area contributed by atoms with E-state index in [1.54, 1.807) is 7.11 Å². The van der Waals surface area contributed by atoms with Gasteiger partial charge < -0.3 is 23.7 Å². The van der Waals surface area contributed by atoms with Crippen LogP contribution >= 0.6 is 11.6 Å². The summed E-state index contributed by atoms with van der Waals surface area (Å²) >= 11 is 6.69. The molecule has 1 saturated heterocycles. The Morgan fingerprint density at radius 3 is 2.08 bits per heavy atom. The molecule has 0 radical (unpaired) electrons. The highest BCUT2D eigenvalue weighted by Crippen LogP contribution is 2.48. The van der Waals surface area contributed by atoms with Crippen LogP contribution in [0.1, 0.15) is 74.0 Å². The van der Waals surface area contributed by atoms with E-state index < -0.39 is 0 Å². The van der Waals surface area contributed by atoms with Crippen LogP contribution in [0.25, 0.3) is 0 Å². The molecule has 1 heterocycles. The van der Waals surface area contributed by atoms with Crippen molar-refractivity contribution in [2.45, 2.75) is 84.1 Å². The zero-order valence-corrected chi connectivity index (χ0v) is 29.6. The van der Waals surface area contributed by atoms with Gasteiger partial charge in [0.15, 0.2) is 0 Å². The van der Waals surface area contributed by atoms with Crippen LogP contribution in [0.4, 0.5) is 0 Å². The lowest BCUT2D eigenvalue weighted by Crippen LogP contribution is -2.46. The van der Waals surface area contributed by atoms with Crippen molar-refractivity contribution in [1.82, 2.24) is 0 Å². The van der Waals surface area contributed by atoms with Crippen LogP contribution < -0.4 is 4.74 Å². The summed E-state index contributed by atoms with van der Waals surface area (Å²) in [5.74, 6) is 1.88. The molecule has 6 heteroatoms. The quantitative estimate of drug-likeness (QED) is 0.134. The third-order valence-corrected chi connectivity index (χ3v) is 9.30. The highest BCUT2D eigenvalue weighted by Gasteiger charge is 2.47. The van der Waals surface area contributed by atoms with Crippen molar-refractivity contribution in [3.05, 3.63) is 136 Å². The van der Waals surface area contributed by atoms with Crippen molar-refractivity contribution in [3.63, 3.8) is 0 Å². The van der Waals surface area contributed by atoms with Crippen LogP contribution in [0, 0.1) is 11.8 Å². The molecule has 0 bridgehead atoms. The van der Waals surface area contributed by atoms with Crippen molar-refractivity contribution in [3.8, 4) is 5.75 Å². The van der Waals surface area contributed by atoms with Crippen LogP contribution in [0.2, 0.25) is 5.02 Å². The first-order valence-electron chi connectivity index (χ1n) is 17.4. The van der Waals surface area contributed by atoms with Gasteiger partial charge in [-0.3, -0.25) is 0 Å². The van der Waals surface area contributed by atoms with E-state index in [0.717, 1.165) is 34.7 Å². The second-order valence-electron chi connectivity index (χ2n) is 13.1. The predicted octanol–water partition coefficient (Wildman–Crippen LogP) is 10.0. The Bertz CT molecular complexity index is 1490. The molecule has 256 valence electrons. The summed E-state index contributed by atoms with van der Waals surface area (Å²) in [4.78, 5) is 0. The molecule has 2 fully saturated rings. The van der Waals surface area contributed by atoms with Crippen LogP contribution in [-0.2, 0) is 38.6 Å². The van der Waals surface area contributed by atoms with Gasteiger partial charge in [-0.15, -0.1) is 0 Å². The third-order valence-electron chi connectivity index (χ3n) is 8.94. The van der Waals surface area contributed by atoms with Crippen molar-refractivity contribution in [2.24, 2.45) is 11.8 Å². The zero-order chi connectivity index (χ0) is 33.7. The van der Waals surface area contributed by atoms with Gasteiger partial charge in [-0.25, -0.2) is 0 Å². The second-order valence-corrected chi connectivity index (χ2v) is 13.5. The second kappa shape index (κ2) is 18.5. The number of halogens is 1. The molecule has 0 aromatic heterocycles. The Hall–Kier alpha value is -3.19. The summed E-state index contributed by atoms with van der Waals surface area (Å²) in [6.07, 6.45) is 4.28. The Morgan fingerprint density at radius 2 is 1.48 bits per heavy atom. The van der Waals surface area contributed by atoms with E-state index in [4.69, 9.17) is 35.3 Å². The van der Waals surface area contributed by atoms with Gasteiger partial charge in [-0.1, -0.05) is 96.5 Å². The van der Waals surface area contributed by atoms with E-state index in [9.17, 15) is 0 Å². The lowest BCUT2D eigenvalue weighted by Gasteiger charge is -2.42. The molecule has 5 nitrogen and oxygen atoms in total. The largest absolute Gasteiger partial charge is 0.494 e. The molecular formula is C42H51ClO5. The summed E-state index contributed by atoms with van der Waals surface area (Å²) in [5, 5.41) is 0.774. The fraction of sp³-hybridized carbons (Fsp3) is 0.429. The Labute approximate surface area is 292 Å². The smallest absolute Gasteiger partial charge is 0.119 e. The highest BCUT2D eigenvalue weighted by atomic mass is 35.5. The van der Waals surface area contributed by atoms with Gasteiger partial charge in [0.25, 0.3) is 0 Å². The minimum Gasteiger partial charge on any atom is -0.494 e. The zero-order valence-electron chi connectivity index (χ0n) is 28.9. The standard InChI is InChI=1S/C34H41ClO4.C8H10O/c1-4-36-29-15-10-24(11-16-29)18-28-19-27(14-17-30(28)35)31-20-32(38-21-25-8-6-5-7-9-25)34(26-12-13-26)33(39-31)22-37-23(2)3;1-9-7-8-5-3-2-4-6-8/h5-11,14-17,19,23,26,31-34H,4,12-13,18,20-22H2,1-3H3;2-6H,7H2,1H3. The first-order chi connectivity index (χ1) is 23.4. The number of benzene rings is 4. The summed E-state index contributed by atoms with van der Waals surface area (Å²) in [5.41, 5.74) is 5.87. The molecule has 0 spiro atoms. The average Bonchev–Trinajstić information content (AvgIpc) is 3.95. The van der Waals surface area contributed by atoms with Crippen LogP contribution in [0.3, 0.4) is 0 Å². The van der Waals surface area contributed by atoms with Crippen molar-refractivity contribution in [2.75, 3.05) is 20.3 Å². The predicted molar refractivity (Wildman–Crippen MR) is 194 cm³/mol. The molecule has 4 atom stereocenters. The number of hydrogen-bond donors (Lipinski definition) is 0. The fourth-order valence-corrected chi connectivity index (χ4v) is 6.61. The molecule has 0 N–H and O–H groups in total. The van der Waals surface area contributed by atoms with E-state index in [-0.39, 0.29) is 24.4 Å². The van der Waals surface area contributed by atoms with Crippen molar-refractivity contribution >= 4 is 11.6 Å². The van der Waals surface area contributed by atoms with Gasteiger partial charge in [0.2, 0.25) is 0 Å². The molecule has 0 amide bonds. The number of ether oxygens (including phenoxy) is 5. The van der Waals surface area contributed by atoms with Gasteiger partial charge >= 0.3 is 0 Å². The molecular weight excluding hydrogens is 620 g/mol. The lowest BCUT2D eigenvalue weighted by atomic mass is 9.83. The molecule has 48 heavy (non-hydrogen) atoms. The van der Waals surface area contributed by atoms with E-state index in [0.29, 0.717) is 38.3 Å². The molecule has 4 unspecified atom stereocenters. The summed E-state index contributed by atoms with van der Waals surface area (Å²) in [6, 6.07) is 35.2. The molecule has 4 aromatic rings. The maximum Gasteiger partial charge on any atom is 0.119 e. The minimum atomic E-state index is -0.0714. The maximum absolute atomic E-state index is 6.84. The van der Waals surface area contributed by atoms with Crippen molar-refractivity contribution < 1.29 is 23.7 Å². The normalized spacial score (nSPS) is 20.6. The SMILES string of the molecule is CCOc1ccc(Cc2cc(C3CC(OCc4ccccc4)C(C4CC4)C(COC(C)C)O3)ccc2Cl)cc1.COCc1ccccc1. The molecule has 4 aromatic carbocycles. The maximum atomic E-state index is 6.84. The fourth-order valence-electron chi connectivity index (χ4n) is 6.42. The number of methoxy groups -OCH3 is 1. The third kappa shape index (κ3) is 10.9. The van der Waals surface area contributed by atoms with Gasteiger partial charge in [0.1, 0.15) is 5.75 Å². The Kier molecular flexibility index (Phi) is 13.9. The lowest BCUT2D eigenvalue weighted by molar-refractivity contribution is -0.185. The topological polar surface area (TPSA) is 46.2 Å². The summed E-state index contributed by atoms with van der Waals surface area (Å²) < 4.78 is 30.2. The van der Waals surface area contributed by atoms with Gasteiger partial charge in [0, 0.05) is 24.5 Å². The van der Waals surface area contributed by atoms with Gasteiger partial charge in [0.05, 0.1) is 50.8 Å². The van der Waals surface area contributed by atoms with Crippen molar-refractivity contribution in [1.29, 1.82) is 0 Å². The molecule has 2 aliphatic rings. The van der Waals surface area contributed by atoms with E-state index in [1.807, 2.05) is 61.5 Å². The molecule has 1 aliphatic heterocycles. The van der Waals surface area contributed by atoms with E-state index in [1.165, 1.54) is 29.5 Å². The molecule has 1 saturated carbocycles. The average molecular weight is 671 g/mol. The molecule has 1 aliphatic carbocycles. The first-order valence-corrected chi connectivity index (χ1v) is 17.8. The monoisotopic (exact) mass is 670 g/mol.